The molecule has 192 valence electrons. The summed E-state index contributed by atoms with van der Waals surface area (Å²) in [5, 5.41) is 14.1. The summed E-state index contributed by atoms with van der Waals surface area (Å²) in [5.74, 6) is -2.84. The summed E-state index contributed by atoms with van der Waals surface area (Å²) in [4.78, 5) is 49.9. The number of carbonyl (C=O) groups excluding carboxylic acids is 3. The zero-order valence-electron chi connectivity index (χ0n) is 19.1. The molecule has 2 unspecified atom stereocenters. The molecule has 0 saturated carbocycles. The molecule has 0 aromatic heterocycles. The number of carboxylic acid groups (broad SMARTS) is 1. The first-order chi connectivity index (χ1) is 16.8. The molecule has 1 heterocycles. The Morgan fingerprint density at radius 3 is 2.35 bits per heavy atom. The Hall–Kier alpha value is -3.35. The molecule has 2 atom stereocenters. The van der Waals surface area contributed by atoms with Crippen molar-refractivity contribution in [1.29, 1.82) is 0 Å². The van der Waals surface area contributed by atoms with Gasteiger partial charge in [-0.3, -0.25) is 14.4 Å². The van der Waals surface area contributed by atoms with E-state index in [4.69, 9.17) is 0 Å². The second-order valence-corrected chi connectivity index (χ2v) is 8.02. The van der Waals surface area contributed by atoms with E-state index in [0.717, 1.165) is 12.1 Å². The van der Waals surface area contributed by atoms with Crippen LogP contribution in [0.5, 0.6) is 5.75 Å². The molecule has 3 N–H and O–H groups in total. The molecule has 3 amide bonds. The van der Waals surface area contributed by atoms with E-state index in [2.05, 4.69) is 15.4 Å². The van der Waals surface area contributed by atoms with Crippen molar-refractivity contribution in [2.45, 2.75) is 31.8 Å². The number of ketones is 1. The van der Waals surface area contributed by atoms with Crippen LogP contribution in [0.15, 0.2) is 60.3 Å². The first kappa shape index (κ1) is 29.9. The van der Waals surface area contributed by atoms with E-state index in [-0.39, 0.29) is 35.1 Å². The van der Waals surface area contributed by atoms with Crippen LogP contribution in [0, 0.1) is 0 Å². The molecule has 2 aromatic carbocycles. The van der Waals surface area contributed by atoms with Gasteiger partial charge in [0, 0.05) is 18.8 Å². The maximum absolute atomic E-state index is 12.6. The minimum absolute atomic E-state index is 0. The van der Waals surface area contributed by atoms with Gasteiger partial charge in [0.2, 0.25) is 0 Å². The Labute approximate surface area is 231 Å². The molecule has 0 radical (unpaired) electrons. The monoisotopic (exact) mass is 529 g/mol. The molecular weight excluding hydrogens is 506 g/mol. The van der Waals surface area contributed by atoms with E-state index < -0.39 is 54.3 Å². The number of hydrogen-bond acceptors (Lipinski definition) is 5. The molecule has 0 fully saturated rings. The number of Topliss-reactive ketones (excluding diaryl/α,β-unsaturated/α-hetero) is 1. The summed E-state index contributed by atoms with van der Waals surface area (Å²) >= 11 is 0. The number of halogens is 3. The van der Waals surface area contributed by atoms with Crippen LogP contribution in [0.1, 0.15) is 24.9 Å². The molecule has 0 saturated heterocycles. The van der Waals surface area contributed by atoms with Crippen molar-refractivity contribution < 1.29 is 42.2 Å². The summed E-state index contributed by atoms with van der Waals surface area (Å²) in [6, 6.07) is 8.06. The third-order valence-electron chi connectivity index (χ3n) is 5.30. The van der Waals surface area contributed by atoms with Gasteiger partial charge in [0.1, 0.15) is 5.75 Å². The predicted molar refractivity (Wildman–Crippen MR) is 128 cm³/mol. The van der Waals surface area contributed by atoms with Crippen molar-refractivity contribution >= 4 is 53.2 Å². The summed E-state index contributed by atoms with van der Waals surface area (Å²) in [5.41, 5.74) is 1.72. The molecule has 37 heavy (non-hydrogen) atoms. The maximum atomic E-state index is 12.6. The summed E-state index contributed by atoms with van der Waals surface area (Å²) < 4.78 is 41.0. The van der Waals surface area contributed by atoms with Crippen LogP contribution in [0.2, 0.25) is 0 Å². The van der Waals surface area contributed by atoms with Crippen LogP contribution in [-0.4, -0.2) is 82.7 Å². The van der Waals surface area contributed by atoms with Gasteiger partial charge < -0.3 is 25.4 Å². The molecule has 13 heteroatoms. The topological polar surface area (TPSA) is 125 Å². The SMILES string of the molecule is CC1=CN(C)C(=O)C(NC(=O)NC(CC(=O)O)c2cccc(-c3ccc(OC(F)(F)F)cc3)c2)C1=O.[NaH]. The summed E-state index contributed by atoms with van der Waals surface area (Å²) in [7, 11) is 1.44. The van der Waals surface area contributed by atoms with Crippen LogP contribution >= 0.6 is 0 Å². The van der Waals surface area contributed by atoms with E-state index in [1.54, 1.807) is 24.3 Å². The number of aliphatic carboxylic acids is 1. The van der Waals surface area contributed by atoms with Gasteiger partial charge in [-0.15, -0.1) is 13.2 Å². The fourth-order valence-electron chi connectivity index (χ4n) is 3.63. The molecule has 0 aliphatic carbocycles. The normalized spacial score (nSPS) is 16.3. The van der Waals surface area contributed by atoms with Crippen molar-refractivity contribution in [3.05, 3.63) is 65.9 Å². The standard InChI is InChI=1S/C24H22F3N3O6.Na.H/c1-13-12-30(2)22(34)20(21(13)33)29-23(35)28-18(11-19(31)32)16-5-3-4-15(10-16)14-6-8-17(9-7-14)36-24(25,26)27;;/h3-10,12,18,20H,11H2,1-2H3,(H,31,32)(H2,28,29,35);;. The number of alkyl halides is 3. The number of nitrogens with zero attached hydrogens (tertiary/aromatic N) is 1. The summed E-state index contributed by atoms with van der Waals surface area (Å²) in [6.07, 6.45) is -3.99. The molecule has 1 aliphatic heterocycles. The number of amides is 3. The number of ether oxygens (including phenoxy) is 1. The molecule has 0 bridgehead atoms. The number of nitrogens with one attached hydrogen (secondary N) is 2. The molecule has 3 rings (SSSR count). The van der Waals surface area contributed by atoms with Gasteiger partial charge in [0.15, 0.2) is 11.8 Å². The van der Waals surface area contributed by atoms with E-state index in [1.165, 1.54) is 37.2 Å². The number of benzene rings is 2. The molecular formula is C24H23F3N3NaO6. The third-order valence-corrected chi connectivity index (χ3v) is 5.30. The Morgan fingerprint density at radius 1 is 1.11 bits per heavy atom. The van der Waals surface area contributed by atoms with Gasteiger partial charge in [-0.05, 0) is 41.8 Å². The Kier molecular flexibility index (Phi) is 9.90. The molecule has 1 aliphatic rings. The van der Waals surface area contributed by atoms with Crippen LogP contribution in [0.3, 0.4) is 0 Å². The first-order valence-corrected chi connectivity index (χ1v) is 10.6. The fourth-order valence-corrected chi connectivity index (χ4v) is 3.63. The van der Waals surface area contributed by atoms with Gasteiger partial charge in [-0.25, -0.2) is 4.79 Å². The minimum atomic E-state index is -4.82. The van der Waals surface area contributed by atoms with Gasteiger partial charge in [0.25, 0.3) is 5.91 Å². The number of carboxylic acids is 1. The van der Waals surface area contributed by atoms with Crippen molar-refractivity contribution in [3.63, 3.8) is 0 Å². The van der Waals surface area contributed by atoms with Gasteiger partial charge in [-0.2, -0.15) is 0 Å². The average Bonchev–Trinajstić information content (AvgIpc) is 2.79. The van der Waals surface area contributed by atoms with Gasteiger partial charge in [-0.1, -0.05) is 30.3 Å². The predicted octanol–water partition coefficient (Wildman–Crippen LogP) is 2.73. The van der Waals surface area contributed by atoms with Crippen molar-refractivity contribution in [2.24, 2.45) is 0 Å². The second kappa shape index (κ2) is 12.3. The number of urea groups is 1. The number of carbonyl (C=O) groups is 4. The van der Waals surface area contributed by atoms with E-state index >= 15 is 0 Å². The fraction of sp³-hybridized carbons (Fsp3) is 0.250. The van der Waals surface area contributed by atoms with Crippen LogP contribution in [0.4, 0.5) is 18.0 Å². The van der Waals surface area contributed by atoms with Crippen molar-refractivity contribution in [3.8, 4) is 16.9 Å². The quantitative estimate of drug-likeness (QED) is 0.374. The number of hydrogen-bond donors (Lipinski definition) is 3. The molecule has 0 spiro atoms. The van der Waals surface area contributed by atoms with Crippen LogP contribution in [0.25, 0.3) is 11.1 Å². The molecule has 9 nitrogen and oxygen atoms in total. The Bertz CT molecular complexity index is 1220. The third kappa shape index (κ3) is 8.07. The van der Waals surface area contributed by atoms with Crippen molar-refractivity contribution in [1.82, 2.24) is 15.5 Å². The zero-order chi connectivity index (χ0) is 26.6. The van der Waals surface area contributed by atoms with Gasteiger partial charge in [0.05, 0.1) is 12.5 Å². The number of likely N-dealkylation sites (N-methyl/N-ethyl adjacent to an activating group) is 1. The van der Waals surface area contributed by atoms with E-state index in [1.807, 2.05) is 0 Å². The van der Waals surface area contributed by atoms with Crippen molar-refractivity contribution in [2.75, 3.05) is 7.05 Å². The summed E-state index contributed by atoms with van der Waals surface area (Å²) in [6.45, 7) is 1.50. The van der Waals surface area contributed by atoms with E-state index in [9.17, 15) is 37.5 Å². The Balaban J connectivity index is 0.00000481. The Morgan fingerprint density at radius 2 is 1.76 bits per heavy atom. The van der Waals surface area contributed by atoms with Gasteiger partial charge >= 0.3 is 47.9 Å². The first-order valence-electron chi connectivity index (χ1n) is 10.6. The zero-order valence-corrected chi connectivity index (χ0v) is 19.1. The number of rotatable bonds is 7. The molecule has 2 aromatic rings. The average molecular weight is 529 g/mol. The van der Waals surface area contributed by atoms with E-state index in [0.29, 0.717) is 16.7 Å². The van der Waals surface area contributed by atoms with Crippen LogP contribution < -0.4 is 15.4 Å². The second-order valence-electron chi connectivity index (χ2n) is 8.02. The van der Waals surface area contributed by atoms with Crippen LogP contribution in [-0.2, 0) is 14.4 Å².